The number of aromatic hydroxyl groups is 4. The van der Waals surface area contributed by atoms with E-state index in [9.17, 15) is 40.5 Å². The normalized spacial score (nSPS) is 11.2. The highest BCUT2D eigenvalue weighted by Crippen LogP contribution is 2.27. The molecule has 0 radical (unpaired) electrons. The van der Waals surface area contributed by atoms with E-state index >= 15 is 0 Å². The molecule has 3 aromatic rings. The van der Waals surface area contributed by atoms with Gasteiger partial charge in [0.1, 0.15) is 36.5 Å². The minimum Gasteiger partial charge on any atom is -0.504 e. The molecule has 10 heteroatoms. The maximum Gasteiger partial charge on any atom is 0.349 e. The third-order valence-corrected chi connectivity index (χ3v) is 5.06. The van der Waals surface area contributed by atoms with E-state index in [0.717, 1.165) is 0 Å². The summed E-state index contributed by atoms with van der Waals surface area (Å²) in [5.74, 6) is -3.22. The summed E-state index contributed by atoms with van der Waals surface area (Å²) in [4.78, 5) is 24.5. The van der Waals surface area contributed by atoms with E-state index in [0.29, 0.717) is 22.3 Å². The van der Waals surface area contributed by atoms with Crippen LogP contribution in [0.2, 0.25) is 0 Å². The predicted octanol–water partition coefficient (Wildman–Crippen LogP) is 3.81. The second-order valence-electron chi connectivity index (χ2n) is 7.80. The molecule has 4 N–H and O–H groups in total. The molecule has 0 saturated heterocycles. The molecule has 0 unspecified atom stereocenters. The highest BCUT2D eigenvalue weighted by molar-refractivity contribution is 5.98. The standard InChI is InChI=1S/C28H20N2O8/c29-13-21(9-19-5-7-23(31)25(33)11-19)27(35)37-15-17-1-2-18(4-3-17)16-38-28(36)22(14-30)10-20-6-8-24(32)26(34)12-20/h1-12,31-34H,15-16H2/b21-9+,22-10+. The molecule has 0 aliphatic carbocycles. The fraction of sp³-hybridized carbons (Fsp3) is 0.0714. The molecule has 0 saturated carbocycles. The monoisotopic (exact) mass is 512 g/mol. The maximum absolute atomic E-state index is 12.3. The highest BCUT2D eigenvalue weighted by Gasteiger charge is 2.13. The number of nitriles is 2. The molecule has 0 aliphatic heterocycles. The summed E-state index contributed by atoms with van der Waals surface area (Å²) in [6, 6.07) is 17.6. The van der Waals surface area contributed by atoms with E-state index in [2.05, 4.69) is 0 Å². The number of hydrogen-bond acceptors (Lipinski definition) is 10. The van der Waals surface area contributed by atoms with Crippen molar-refractivity contribution in [1.82, 2.24) is 0 Å². The van der Waals surface area contributed by atoms with E-state index in [-0.39, 0.29) is 35.9 Å². The number of hydrogen-bond donors (Lipinski definition) is 4. The van der Waals surface area contributed by atoms with Gasteiger partial charge in [-0.15, -0.1) is 0 Å². The number of nitrogens with zero attached hydrogens (tertiary/aromatic N) is 2. The van der Waals surface area contributed by atoms with E-state index in [4.69, 9.17) is 9.47 Å². The molecule has 0 aliphatic rings. The number of benzene rings is 3. The van der Waals surface area contributed by atoms with Gasteiger partial charge in [-0.1, -0.05) is 36.4 Å². The van der Waals surface area contributed by atoms with E-state index < -0.39 is 23.4 Å². The van der Waals surface area contributed by atoms with Crippen molar-refractivity contribution in [3.63, 3.8) is 0 Å². The molecule has 0 atom stereocenters. The molecule has 0 fully saturated rings. The topological polar surface area (TPSA) is 181 Å². The average molecular weight is 512 g/mol. The summed E-state index contributed by atoms with van der Waals surface area (Å²) in [5, 5.41) is 56.3. The van der Waals surface area contributed by atoms with Crippen LogP contribution in [0.4, 0.5) is 0 Å². The van der Waals surface area contributed by atoms with Crippen molar-refractivity contribution in [3.05, 3.63) is 94.1 Å². The van der Waals surface area contributed by atoms with Crippen molar-refractivity contribution in [2.24, 2.45) is 0 Å². The molecular weight excluding hydrogens is 492 g/mol. The van der Waals surface area contributed by atoms with E-state index in [1.54, 1.807) is 36.4 Å². The Morgan fingerprint density at radius 1 is 0.632 bits per heavy atom. The first-order valence-electron chi connectivity index (χ1n) is 10.9. The Morgan fingerprint density at radius 3 is 1.32 bits per heavy atom. The van der Waals surface area contributed by atoms with Crippen molar-refractivity contribution in [1.29, 1.82) is 10.5 Å². The van der Waals surface area contributed by atoms with Gasteiger partial charge >= 0.3 is 11.9 Å². The zero-order valence-electron chi connectivity index (χ0n) is 19.7. The van der Waals surface area contributed by atoms with E-state index in [1.165, 1.54) is 48.6 Å². The Morgan fingerprint density at radius 2 is 1.00 bits per heavy atom. The van der Waals surface area contributed by atoms with Crippen LogP contribution in [0, 0.1) is 22.7 Å². The first-order chi connectivity index (χ1) is 18.2. The Bertz CT molecular complexity index is 1390. The van der Waals surface area contributed by atoms with Gasteiger partial charge in [0.15, 0.2) is 23.0 Å². The van der Waals surface area contributed by atoms with Crippen LogP contribution in [0.1, 0.15) is 22.3 Å². The molecule has 10 nitrogen and oxygen atoms in total. The van der Waals surface area contributed by atoms with Gasteiger partial charge < -0.3 is 29.9 Å². The second kappa shape index (κ2) is 12.3. The number of esters is 2. The minimum absolute atomic E-state index is 0.139. The maximum atomic E-state index is 12.3. The molecule has 3 rings (SSSR count). The Labute approximate surface area is 216 Å². The zero-order chi connectivity index (χ0) is 27.7. The van der Waals surface area contributed by atoms with Crippen LogP contribution in [-0.4, -0.2) is 32.4 Å². The van der Waals surface area contributed by atoms with Crippen LogP contribution in [-0.2, 0) is 32.3 Å². The molecule has 0 heterocycles. The Hall–Kier alpha value is -5.74. The van der Waals surface area contributed by atoms with Crippen LogP contribution in [0.3, 0.4) is 0 Å². The molecule has 0 spiro atoms. The number of ether oxygens (including phenoxy) is 2. The van der Waals surface area contributed by atoms with Crippen LogP contribution in [0.15, 0.2) is 71.8 Å². The molecular formula is C28H20N2O8. The van der Waals surface area contributed by atoms with Crippen molar-refractivity contribution in [2.45, 2.75) is 13.2 Å². The van der Waals surface area contributed by atoms with Crippen LogP contribution in [0.25, 0.3) is 12.2 Å². The molecule has 38 heavy (non-hydrogen) atoms. The molecule has 0 amide bonds. The Balaban J connectivity index is 1.56. The van der Waals surface area contributed by atoms with Gasteiger partial charge in [-0.2, -0.15) is 10.5 Å². The lowest BCUT2D eigenvalue weighted by Gasteiger charge is -2.07. The van der Waals surface area contributed by atoms with Gasteiger partial charge in [-0.05, 0) is 58.7 Å². The minimum atomic E-state index is -0.879. The summed E-state index contributed by atoms with van der Waals surface area (Å²) >= 11 is 0. The fourth-order valence-electron chi connectivity index (χ4n) is 3.05. The third-order valence-electron chi connectivity index (χ3n) is 5.06. The third kappa shape index (κ3) is 7.13. The van der Waals surface area contributed by atoms with Crippen LogP contribution < -0.4 is 0 Å². The number of rotatable bonds is 8. The summed E-state index contributed by atoms with van der Waals surface area (Å²) in [5.41, 5.74) is 1.23. The largest absolute Gasteiger partial charge is 0.504 e. The highest BCUT2D eigenvalue weighted by atomic mass is 16.5. The lowest BCUT2D eigenvalue weighted by atomic mass is 10.1. The van der Waals surface area contributed by atoms with Crippen LogP contribution in [0.5, 0.6) is 23.0 Å². The van der Waals surface area contributed by atoms with Crippen molar-refractivity contribution in [3.8, 4) is 35.1 Å². The van der Waals surface area contributed by atoms with Gasteiger partial charge in [-0.3, -0.25) is 0 Å². The first kappa shape index (κ1) is 26.9. The molecule has 0 bridgehead atoms. The van der Waals surface area contributed by atoms with Gasteiger partial charge in [0.05, 0.1) is 0 Å². The van der Waals surface area contributed by atoms with Gasteiger partial charge in [0, 0.05) is 0 Å². The van der Waals surface area contributed by atoms with Crippen molar-refractivity contribution < 1.29 is 39.5 Å². The lowest BCUT2D eigenvalue weighted by Crippen LogP contribution is -2.08. The van der Waals surface area contributed by atoms with Gasteiger partial charge in [0.25, 0.3) is 0 Å². The molecule has 0 aromatic heterocycles. The van der Waals surface area contributed by atoms with Crippen LogP contribution >= 0.6 is 0 Å². The number of phenolic OH excluding ortho intramolecular Hbond substituents is 4. The average Bonchev–Trinajstić information content (AvgIpc) is 2.92. The van der Waals surface area contributed by atoms with E-state index in [1.807, 2.05) is 0 Å². The van der Waals surface area contributed by atoms with Crippen molar-refractivity contribution >= 4 is 24.1 Å². The lowest BCUT2D eigenvalue weighted by molar-refractivity contribution is -0.140. The molecule has 3 aromatic carbocycles. The zero-order valence-corrected chi connectivity index (χ0v) is 19.7. The first-order valence-corrected chi connectivity index (χ1v) is 10.9. The second-order valence-corrected chi connectivity index (χ2v) is 7.80. The fourth-order valence-corrected chi connectivity index (χ4v) is 3.05. The van der Waals surface area contributed by atoms with Crippen molar-refractivity contribution in [2.75, 3.05) is 0 Å². The summed E-state index contributed by atoms with van der Waals surface area (Å²) < 4.78 is 10.3. The number of carbonyl (C=O) groups is 2. The summed E-state index contributed by atoms with van der Waals surface area (Å²) in [7, 11) is 0. The number of carbonyl (C=O) groups excluding carboxylic acids is 2. The van der Waals surface area contributed by atoms with Gasteiger partial charge in [-0.25, -0.2) is 9.59 Å². The SMILES string of the molecule is N#C/C(=C\c1ccc(O)c(O)c1)C(=O)OCc1ccc(COC(=O)/C(C#N)=C/c2ccc(O)c(O)c2)cc1. The summed E-state index contributed by atoms with van der Waals surface area (Å²) in [6.07, 6.45) is 2.43. The molecule has 190 valence electrons. The number of phenols is 4. The summed E-state index contributed by atoms with van der Waals surface area (Å²) in [6.45, 7) is -0.279. The smallest absolute Gasteiger partial charge is 0.349 e. The predicted molar refractivity (Wildman–Crippen MR) is 133 cm³/mol. The quantitative estimate of drug-likeness (QED) is 0.150. The van der Waals surface area contributed by atoms with Gasteiger partial charge in [0.2, 0.25) is 0 Å². The Kier molecular flexibility index (Phi) is 8.69.